The molecule has 100 valence electrons. The first-order chi connectivity index (χ1) is 7.42. The molecule has 1 N–H and O–H groups in total. The zero-order valence-corrected chi connectivity index (χ0v) is 12.4. The van der Waals surface area contributed by atoms with E-state index in [2.05, 4.69) is 13.8 Å². The van der Waals surface area contributed by atoms with Gasteiger partial charge in [0.2, 0.25) is 0 Å². The number of carboxylic acid groups (broad SMARTS) is 1. The van der Waals surface area contributed by atoms with Gasteiger partial charge in [-0.05, 0) is 13.3 Å². The lowest BCUT2D eigenvalue weighted by Gasteiger charge is -1.86. The van der Waals surface area contributed by atoms with Crippen molar-refractivity contribution in [2.24, 2.45) is 0 Å². The predicted octanol–water partition coefficient (Wildman–Crippen LogP) is 5.27. The summed E-state index contributed by atoms with van der Waals surface area (Å²) in [7, 11) is 0. The van der Waals surface area contributed by atoms with Gasteiger partial charge in [-0.25, -0.2) is 0 Å². The number of hydrogen-bond donors (Lipinski definition) is 1. The largest absolute Gasteiger partial charge is 0.481 e. The maximum absolute atomic E-state index is 9.60. The Morgan fingerprint density at radius 2 is 1.38 bits per heavy atom. The fraction of sp³-hybridized carbons (Fsp3) is 0.917. The number of alkyl halides is 2. The van der Waals surface area contributed by atoms with Crippen LogP contribution in [0.15, 0.2) is 0 Å². The molecule has 16 heavy (non-hydrogen) atoms. The van der Waals surface area contributed by atoms with Gasteiger partial charge in [-0.1, -0.05) is 46.5 Å². The zero-order valence-electron chi connectivity index (χ0n) is 10.9. The highest BCUT2D eigenvalue weighted by molar-refractivity contribution is 6.43. The Hall–Kier alpha value is 0.0500. The first kappa shape index (κ1) is 21.3. The predicted molar refractivity (Wildman–Crippen MR) is 73.5 cm³/mol. The first-order valence-corrected chi connectivity index (χ1v) is 6.79. The highest BCUT2D eigenvalue weighted by atomic mass is 35.5. The molecule has 0 aromatic rings. The van der Waals surface area contributed by atoms with Crippen molar-refractivity contribution in [1.29, 1.82) is 0 Å². The van der Waals surface area contributed by atoms with E-state index in [1.807, 2.05) is 6.92 Å². The molecule has 0 bridgehead atoms. The van der Waals surface area contributed by atoms with Crippen LogP contribution in [-0.2, 0) is 4.79 Å². The summed E-state index contributed by atoms with van der Waals surface area (Å²) in [6.07, 6.45) is 6.56. The minimum Gasteiger partial charge on any atom is -0.481 e. The summed E-state index contributed by atoms with van der Waals surface area (Å²) < 4.78 is 0. The molecule has 0 aliphatic heterocycles. The fourth-order valence-corrected chi connectivity index (χ4v) is 0.714. The molecule has 0 spiro atoms. The molecule has 0 heterocycles. The van der Waals surface area contributed by atoms with Gasteiger partial charge in [-0.2, -0.15) is 0 Å². The summed E-state index contributed by atoms with van der Waals surface area (Å²) in [5.74, 6) is -0.711. The normalized spacial score (nSPS) is 8.69. The van der Waals surface area contributed by atoms with E-state index in [4.69, 9.17) is 28.3 Å². The van der Waals surface area contributed by atoms with Crippen LogP contribution < -0.4 is 0 Å². The van der Waals surface area contributed by atoms with Crippen molar-refractivity contribution in [2.75, 3.05) is 0 Å². The van der Waals surface area contributed by atoms with E-state index in [1.54, 1.807) is 6.92 Å². The standard InChI is InChI=1S/C6H14.C4H8O2.C2H4Cl2/c1-3-5-6-4-2;1-2-3-4(5)6;1-2(3)4/h3-6H2,1-2H3;2-3H2,1H3,(H,5,6);2H,1H3. The molecule has 0 saturated carbocycles. The fourth-order valence-electron chi connectivity index (χ4n) is 0.714. The molecule has 0 fully saturated rings. The van der Waals surface area contributed by atoms with Crippen molar-refractivity contribution < 1.29 is 9.90 Å². The molecular weight excluding hydrogens is 247 g/mol. The molecule has 0 saturated heterocycles. The third-order valence-electron chi connectivity index (χ3n) is 1.42. The van der Waals surface area contributed by atoms with Crippen molar-refractivity contribution >= 4 is 29.2 Å². The molecule has 0 aromatic carbocycles. The van der Waals surface area contributed by atoms with E-state index in [-0.39, 0.29) is 4.84 Å². The maximum Gasteiger partial charge on any atom is 0.303 e. The van der Waals surface area contributed by atoms with Gasteiger partial charge in [-0.3, -0.25) is 4.79 Å². The summed E-state index contributed by atoms with van der Waals surface area (Å²) in [6.45, 7) is 8.00. The van der Waals surface area contributed by atoms with Crippen molar-refractivity contribution in [1.82, 2.24) is 0 Å². The summed E-state index contributed by atoms with van der Waals surface area (Å²) in [6, 6.07) is 0. The minimum absolute atomic E-state index is 0.222. The highest BCUT2D eigenvalue weighted by Crippen LogP contribution is 1.95. The van der Waals surface area contributed by atoms with Gasteiger partial charge in [0.15, 0.2) is 0 Å². The summed E-state index contributed by atoms with van der Waals surface area (Å²) in [5.41, 5.74) is 0. The smallest absolute Gasteiger partial charge is 0.303 e. The lowest BCUT2D eigenvalue weighted by atomic mass is 10.2. The highest BCUT2D eigenvalue weighted by Gasteiger charge is 1.87. The van der Waals surface area contributed by atoms with Gasteiger partial charge >= 0.3 is 5.97 Å². The second-order valence-electron chi connectivity index (χ2n) is 3.37. The van der Waals surface area contributed by atoms with E-state index in [0.717, 1.165) is 6.42 Å². The van der Waals surface area contributed by atoms with Crippen LogP contribution in [0.1, 0.15) is 66.2 Å². The SMILES string of the molecule is CC(Cl)Cl.CCCC(=O)O.CCCCCC. The second-order valence-corrected chi connectivity index (χ2v) is 4.90. The molecule has 0 rings (SSSR count). The van der Waals surface area contributed by atoms with Crippen molar-refractivity contribution in [3.05, 3.63) is 0 Å². The van der Waals surface area contributed by atoms with E-state index in [9.17, 15) is 4.79 Å². The van der Waals surface area contributed by atoms with Gasteiger partial charge in [0.1, 0.15) is 4.84 Å². The van der Waals surface area contributed by atoms with Crippen LogP contribution in [0.25, 0.3) is 0 Å². The molecule has 0 aliphatic carbocycles. The number of halogens is 2. The quantitative estimate of drug-likeness (QED) is 0.547. The molecule has 0 aliphatic rings. The molecule has 0 unspecified atom stereocenters. The lowest BCUT2D eigenvalue weighted by molar-refractivity contribution is -0.137. The van der Waals surface area contributed by atoms with Gasteiger partial charge in [0.25, 0.3) is 0 Å². The number of rotatable bonds is 5. The van der Waals surface area contributed by atoms with E-state index in [1.165, 1.54) is 25.7 Å². The first-order valence-electron chi connectivity index (χ1n) is 5.92. The summed E-state index contributed by atoms with van der Waals surface area (Å²) >= 11 is 10.1. The van der Waals surface area contributed by atoms with E-state index >= 15 is 0 Å². The minimum atomic E-state index is -0.711. The topological polar surface area (TPSA) is 37.3 Å². The van der Waals surface area contributed by atoms with Gasteiger partial charge in [0, 0.05) is 6.42 Å². The summed E-state index contributed by atoms with van der Waals surface area (Å²) in [4.78, 5) is 9.38. The maximum atomic E-state index is 9.60. The Morgan fingerprint density at radius 3 is 1.44 bits per heavy atom. The van der Waals surface area contributed by atoms with E-state index < -0.39 is 5.97 Å². The van der Waals surface area contributed by atoms with Crippen LogP contribution in [0.3, 0.4) is 0 Å². The average Bonchev–Trinajstić information content (AvgIpc) is 2.14. The van der Waals surface area contributed by atoms with Crippen molar-refractivity contribution in [3.8, 4) is 0 Å². The Morgan fingerprint density at radius 1 is 1.06 bits per heavy atom. The van der Waals surface area contributed by atoms with Crippen LogP contribution in [0.5, 0.6) is 0 Å². The molecule has 0 amide bonds. The molecule has 0 aromatic heterocycles. The number of aliphatic carboxylic acids is 1. The van der Waals surface area contributed by atoms with E-state index in [0.29, 0.717) is 6.42 Å². The van der Waals surface area contributed by atoms with Crippen LogP contribution in [-0.4, -0.2) is 15.9 Å². The Labute approximate surface area is 110 Å². The number of carboxylic acids is 1. The molecular formula is C12H26Cl2O2. The van der Waals surface area contributed by atoms with Crippen molar-refractivity contribution in [2.45, 2.75) is 71.1 Å². The Kier molecular flexibility index (Phi) is 27.3. The third kappa shape index (κ3) is 65.4. The monoisotopic (exact) mass is 272 g/mol. The van der Waals surface area contributed by atoms with Gasteiger partial charge in [-0.15, -0.1) is 23.2 Å². The third-order valence-corrected chi connectivity index (χ3v) is 1.42. The van der Waals surface area contributed by atoms with Crippen LogP contribution in [0.4, 0.5) is 0 Å². The van der Waals surface area contributed by atoms with Gasteiger partial charge in [0.05, 0.1) is 0 Å². The number of carbonyl (C=O) groups is 1. The molecule has 4 heteroatoms. The van der Waals surface area contributed by atoms with Crippen LogP contribution >= 0.6 is 23.2 Å². The Bertz CT molecular complexity index is 121. The van der Waals surface area contributed by atoms with Crippen LogP contribution in [0, 0.1) is 0 Å². The Balaban J connectivity index is -0.000000162. The molecule has 2 nitrogen and oxygen atoms in total. The van der Waals surface area contributed by atoms with Crippen molar-refractivity contribution in [3.63, 3.8) is 0 Å². The number of unbranched alkanes of at least 4 members (excludes halogenated alkanes) is 3. The number of hydrogen-bond acceptors (Lipinski definition) is 1. The lowest BCUT2D eigenvalue weighted by Crippen LogP contribution is -1.90. The summed E-state index contributed by atoms with van der Waals surface area (Å²) in [5, 5.41) is 7.91. The average molecular weight is 273 g/mol. The second kappa shape index (κ2) is 20.5. The zero-order chi connectivity index (χ0) is 13.4. The van der Waals surface area contributed by atoms with Gasteiger partial charge < -0.3 is 5.11 Å². The molecule has 0 atom stereocenters. The van der Waals surface area contributed by atoms with Crippen LogP contribution in [0.2, 0.25) is 0 Å². The molecule has 0 radical (unpaired) electrons.